The molecule has 12 nitrogen and oxygen atoms in total. The van der Waals surface area contributed by atoms with Crippen LogP contribution in [0.3, 0.4) is 0 Å². The van der Waals surface area contributed by atoms with Crippen molar-refractivity contribution in [3.63, 3.8) is 0 Å². The summed E-state index contributed by atoms with van der Waals surface area (Å²) in [4.78, 5) is 21.9. The number of pyridine rings is 1. The second-order valence-corrected chi connectivity index (χ2v) is 13.5. The van der Waals surface area contributed by atoms with Crippen LogP contribution in [0.25, 0.3) is 11.5 Å². The number of amides is 2. The number of hydrogen-bond donors (Lipinski definition) is 2. The normalized spacial score (nSPS) is 13.9. The van der Waals surface area contributed by atoms with Gasteiger partial charge in [0.15, 0.2) is 0 Å². The van der Waals surface area contributed by atoms with Crippen LogP contribution >= 0.6 is 0 Å². The second kappa shape index (κ2) is 14.6. The predicted octanol–water partition coefficient (Wildman–Crippen LogP) is 6.72. The van der Waals surface area contributed by atoms with Gasteiger partial charge in [0.25, 0.3) is 0 Å². The van der Waals surface area contributed by atoms with Crippen LogP contribution in [0.2, 0.25) is 0 Å². The van der Waals surface area contributed by atoms with Crippen LogP contribution in [0.4, 0.5) is 35.0 Å². The molecule has 3 aromatic carbocycles. The maximum atomic E-state index is 14.9. The molecule has 0 bridgehead atoms. The highest BCUT2D eigenvalue weighted by atomic mass is 32.2. The lowest BCUT2D eigenvalue weighted by Gasteiger charge is -2.38. The maximum Gasteiger partial charge on any atom is 0.326 e. The summed E-state index contributed by atoms with van der Waals surface area (Å²) < 4.78 is 79.9. The SMILES string of the molecule is Cc1nc(Oc2ccc(NS(C)(=O)=O)cc2)ccc1CN1CCC(N(C(=O)Nc2cc(-c3nnco3)c(F)cc2F)c2cccc(F)c2)CC1. The molecule has 0 unspecified atom stereocenters. The molecule has 1 aliphatic rings. The number of likely N-dealkylation sites (tertiary alicyclic amines) is 1. The van der Waals surface area contributed by atoms with Gasteiger partial charge in [0.05, 0.1) is 17.5 Å². The summed E-state index contributed by atoms with van der Waals surface area (Å²) in [6, 6.07) is 16.3. The van der Waals surface area contributed by atoms with E-state index in [2.05, 4.69) is 30.1 Å². The number of carbonyl (C=O) groups is 1. The molecule has 3 heterocycles. The topological polar surface area (TPSA) is 143 Å². The van der Waals surface area contributed by atoms with Crippen molar-refractivity contribution >= 4 is 33.1 Å². The average Bonchev–Trinajstić information content (AvgIpc) is 3.60. The third-order valence-corrected chi connectivity index (χ3v) is 8.67. The third kappa shape index (κ3) is 8.38. The van der Waals surface area contributed by atoms with Crippen molar-refractivity contribution < 1.29 is 35.5 Å². The minimum Gasteiger partial charge on any atom is -0.439 e. The summed E-state index contributed by atoms with van der Waals surface area (Å²) in [6.07, 6.45) is 3.13. The minimum atomic E-state index is -3.39. The number of carbonyl (C=O) groups excluding carboxylic acids is 1. The number of benzene rings is 3. The average molecular weight is 708 g/mol. The van der Waals surface area contributed by atoms with Crippen LogP contribution in [-0.4, -0.2) is 59.9 Å². The quantitative estimate of drug-likeness (QED) is 0.162. The number of hydrogen-bond acceptors (Lipinski definition) is 9. The molecule has 0 aliphatic carbocycles. The van der Waals surface area contributed by atoms with Crippen LogP contribution < -0.4 is 19.7 Å². The monoisotopic (exact) mass is 707 g/mol. The van der Waals surface area contributed by atoms with Crippen LogP contribution in [-0.2, 0) is 16.6 Å². The molecule has 50 heavy (non-hydrogen) atoms. The van der Waals surface area contributed by atoms with Gasteiger partial charge < -0.3 is 14.5 Å². The first-order valence-corrected chi connectivity index (χ1v) is 17.4. The lowest BCUT2D eigenvalue weighted by Crippen LogP contribution is -2.49. The number of aromatic nitrogens is 3. The minimum absolute atomic E-state index is 0.184. The van der Waals surface area contributed by atoms with E-state index in [0.717, 1.165) is 30.0 Å². The summed E-state index contributed by atoms with van der Waals surface area (Å²) in [6.45, 7) is 3.66. The van der Waals surface area contributed by atoms with Crippen molar-refractivity contribution in [2.24, 2.45) is 0 Å². The predicted molar refractivity (Wildman–Crippen MR) is 180 cm³/mol. The van der Waals surface area contributed by atoms with Crippen molar-refractivity contribution in [2.45, 2.75) is 32.4 Å². The molecule has 16 heteroatoms. The molecule has 0 radical (unpaired) electrons. The van der Waals surface area contributed by atoms with Crippen LogP contribution in [0.5, 0.6) is 11.6 Å². The molecular formula is C34H32F3N7O5S. The Balaban J connectivity index is 1.11. The number of rotatable bonds is 10. The zero-order valence-electron chi connectivity index (χ0n) is 26.9. The second-order valence-electron chi connectivity index (χ2n) is 11.7. The molecule has 5 aromatic rings. The van der Waals surface area contributed by atoms with E-state index < -0.39 is 33.5 Å². The number of nitrogens with one attached hydrogen (secondary N) is 2. The van der Waals surface area contributed by atoms with Crippen molar-refractivity contribution in [1.29, 1.82) is 0 Å². The van der Waals surface area contributed by atoms with Crippen LogP contribution in [0, 0.1) is 24.4 Å². The van der Waals surface area contributed by atoms with E-state index in [1.165, 1.54) is 23.1 Å². The van der Waals surface area contributed by atoms with Gasteiger partial charge in [-0.25, -0.2) is 31.4 Å². The van der Waals surface area contributed by atoms with Crippen molar-refractivity contribution in [2.75, 3.05) is 34.3 Å². The van der Waals surface area contributed by atoms with Gasteiger partial charge in [0, 0.05) is 54.9 Å². The number of urea groups is 1. The van der Waals surface area contributed by atoms with Crippen molar-refractivity contribution in [3.8, 4) is 23.1 Å². The number of nitrogens with zero attached hydrogens (tertiary/aromatic N) is 5. The highest BCUT2D eigenvalue weighted by Gasteiger charge is 2.31. The van der Waals surface area contributed by atoms with E-state index >= 15 is 0 Å². The largest absolute Gasteiger partial charge is 0.439 e. The standard InChI is InChI=1S/C34H32F3N7O5S/c1-21-22(6-11-32(39-21)49-27-9-7-24(8-10-27)42-50(2,46)47)19-43-14-12-25(13-15-43)44(26-5-3-4-23(35)16-26)34(45)40-31-17-28(29(36)18-30(31)37)33-41-38-20-48-33/h3-11,16-18,20,25,42H,12-15,19H2,1-2H3,(H,40,45). The van der Waals surface area contributed by atoms with Gasteiger partial charge in [-0.3, -0.25) is 14.5 Å². The summed E-state index contributed by atoms with van der Waals surface area (Å²) in [5, 5.41) is 9.70. The molecule has 0 saturated carbocycles. The Morgan fingerprint density at radius 2 is 1.78 bits per heavy atom. The molecule has 2 N–H and O–H groups in total. The molecule has 1 fully saturated rings. The van der Waals surface area contributed by atoms with Gasteiger partial charge in [-0.2, -0.15) is 0 Å². The summed E-state index contributed by atoms with van der Waals surface area (Å²) in [5.74, 6) is -1.80. The Morgan fingerprint density at radius 3 is 2.44 bits per heavy atom. The van der Waals surface area contributed by atoms with Gasteiger partial charge in [-0.1, -0.05) is 12.1 Å². The molecule has 0 atom stereocenters. The lowest BCUT2D eigenvalue weighted by atomic mass is 10.0. The third-order valence-electron chi connectivity index (χ3n) is 8.06. The zero-order chi connectivity index (χ0) is 35.4. The highest BCUT2D eigenvalue weighted by Crippen LogP contribution is 2.30. The number of halogens is 3. The number of aryl methyl sites for hydroxylation is 1. The molecular weight excluding hydrogens is 675 g/mol. The van der Waals surface area contributed by atoms with E-state index in [1.807, 2.05) is 13.0 Å². The first-order valence-electron chi connectivity index (χ1n) is 15.5. The Hall–Kier alpha value is -5.48. The Labute approximate surface area is 286 Å². The fraction of sp³-hybridized carbons (Fsp3) is 0.235. The highest BCUT2D eigenvalue weighted by molar-refractivity contribution is 7.92. The fourth-order valence-electron chi connectivity index (χ4n) is 5.69. The molecule has 2 aromatic heterocycles. The lowest BCUT2D eigenvalue weighted by molar-refractivity contribution is 0.199. The molecule has 1 aliphatic heterocycles. The van der Waals surface area contributed by atoms with Gasteiger partial charge in [-0.15, -0.1) is 10.2 Å². The van der Waals surface area contributed by atoms with E-state index in [1.54, 1.807) is 36.4 Å². The number of piperidine rings is 1. The van der Waals surface area contributed by atoms with Gasteiger partial charge >= 0.3 is 6.03 Å². The summed E-state index contributed by atoms with van der Waals surface area (Å²) >= 11 is 0. The summed E-state index contributed by atoms with van der Waals surface area (Å²) in [5.41, 5.74) is 1.96. The van der Waals surface area contributed by atoms with E-state index in [4.69, 9.17) is 9.15 Å². The van der Waals surface area contributed by atoms with Gasteiger partial charge in [0.1, 0.15) is 23.2 Å². The first-order chi connectivity index (χ1) is 23.9. The Morgan fingerprint density at radius 1 is 1.02 bits per heavy atom. The molecule has 0 spiro atoms. The summed E-state index contributed by atoms with van der Waals surface area (Å²) in [7, 11) is -3.39. The first kappa shape index (κ1) is 34.4. The van der Waals surface area contributed by atoms with E-state index in [-0.39, 0.29) is 28.9 Å². The van der Waals surface area contributed by atoms with Crippen molar-refractivity contribution in [1.82, 2.24) is 20.1 Å². The van der Waals surface area contributed by atoms with Crippen molar-refractivity contribution in [3.05, 3.63) is 108 Å². The van der Waals surface area contributed by atoms with Crippen LogP contribution in [0.1, 0.15) is 24.1 Å². The number of anilines is 3. The fourth-order valence-corrected chi connectivity index (χ4v) is 6.25. The molecule has 2 amide bonds. The number of ether oxygens (including phenoxy) is 1. The van der Waals surface area contributed by atoms with Crippen LogP contribution in [0.15, 0.2) is 83.6 Å². The molecule has 1 saturated heterocycles. The Kier molecular flexibility index (Phi) is 10.0. The van der Waals surface area contributed by atoms with E-state index in [0.29, 0.717) is 55.9 Å². The number of sulfonamides is 1. The zero-order valence-corrected chi connectivity index (χ0v) is 27.8. The smallest absolute Gasteiger partial charge is 0.326 e. The van der Waals surface area contributed by atoms with Gasteiger partial charge in [-0.05, 0) is 73.9 Å². The Bertz CT molecular complexity index is 2090. The van der Waals surface area contributed by atoms with E-state index in [9.17, 15) is 26.4 Å². The molecule has 6 rings (SSSR count). The molecule has 260 valence electrons. The maximum absolute atomic E-state index is 14.9. The van der Waals surface area contributed by atoms with Gasteiger partial charge in [0.2, 0.25) is 28.2 Å².